The summed E-state index contributed by atoms with van der Waals surface area (Å²) in [5.74, 6) is -0.178. The number of imide groups is 1. The van der Waals surface area contributed by atoms with Crippen LogP contribution in [0.3, 0.4) is 0 Å². The topological polar surface area (TPSA) is 49.4 Å². The van der Waals surface area contributed by atoms with Crippen molar-refractivity contribution in [3.05, 3.63) is 0 Å². The number of amides is 2. The van der Waals surface area contributed by atoms with E-state index < -0.39 is 0 Å². The van der Waals surface area contributed by atoms with Crippen LogP contribution in [0, 0.1) is 0 Å². The van der Waals surface area contributed by atoms with E-state index in [9.17, 15) is 9.59 Å². The molecule has 1 saturated heterocycles. The summed E-state index contributed by atoms with van der Waals surface area (Å²) in [5.41, 5.74) is 0. The fourth-order valence-corrected chi connectivity index (χ4v) is 1.35. The number of carbonyl (C=O) groups is 2. The Morgan fingerprint density at radius 3 is 2.83 bits per heavy atom. The lowest BCUT2D eigenvalue weighted by atomic mass is 10.1. The molecule has 4 heteroatoms. The molecule has 0 saturated carbocycles. The van der Waals surface area contributed by atoms with Crippen molar-refractivity contribution in [2.75, 3.05) is 13.6 Å². The Hall–Kier alpha value is -0.900. The van der Waals surface area contributed by atoms with Crippen LogP contribution in [0.2, 0.25) is 0 Å². The first kappa shape index (κ1) is 9.19. The predicted molar refractivity (Wildman–Crippen MR) is 44.5 cm³/mol. The van der Waals surface area contributed by atoms with Gasteiger partial charge < -0.3 is 5.32 Å². The average molecular weight is 170 g/mol. The maximum absolute atomic E-state index is 11.4. The predicted octanol–water partition coefficient (Wildman–Crippen LogP) is -0.257. The van der Waals surface area contributed by atoms with Gasteiger partial charge in [-0.1, -0.05) is 6.92 Å². The molecular weight excluding hydrogens is 156 g/mol. The molecule has 1 N–H and O–H groups in total. The SMILES string of the molecule is CCNC1CCC(=O)N(C)C1=O. The highest BCUT2D eigenvalue weighted by Crippen LogP contribution is 2.10. The summed E-state index contributed by atoms with van der Waals surface area (Å²) in [7, 11) is 1.54. The van der Waals surface area contributed by atoms with Gasteiger partial charge in [-0.2, -0.15) is 0 Å². The van der Waals surface area contributed by atoms with Crippen molar-refractivity contribution in [3.63, 3.8) is 0 Å². The highest BCUT2D eigenvalue weighted by Gasteiger charge is 2.30. The number of nitrogens with zero attached hydrogens (tertiary/aromatic N) is 1. The Kier molecular flexibility index (Phi) is 2.81. The quantitative estimate of drug-likeness (QED) is 0.581. The summed E-state index contributed by atoms with van der Waals surface area (Å²) in [6.45, 7) is 2.71. The van der Waals surface area contributed by atoms with Crippen LogP contribution >= 0.6 is 0 Å². The highest BCUT2D eigenvalue weighted by molar-refractivity contribution is 5.99. The van der Waals surface area contributed by atoms with E-state index >= 15 is 0 Å². The molecule has 1 aliphatic rings. The van der Waals surface area contributed by atoms with Gasteiger partial charge in [-0.25, -0.2) is 0 Å². The molecule has 1 heterocycles. The van der Waals surface area contributed by atoms with E-state index in [-0.39, 0.29) is 17.9 Å². The van der Waals surface area contributed by atoms with Gasteiger partial charge in [0.2, 0.25) is 11.8 Å². The lowest BCUT2D eigenvalue weighted by Gasteiger charge is -2.27. The van der Waals surface area contributed by atoms with Crippen LogP contribution in [-0.2, 0) is 9.59 Å². The number of hydrogen-bond donors (Lipinski definition) is 1. The standard InChI is InChI=1S/C8H14N2O2/c1-3-9-6-4-5-7(11)10(2)8(6)12/h6,9H,3-5H2,1-2H3. The Morgan fingerprint density at radius 2 is 2.25 bits per heavy atom. The van der Waals surface area contributed by atoms with Crippen molar-refractivity contribution in [3.8, 4) is 0 Å². The molecule has 0 radical (unpaired) electrons. The zero-order valence-electron chi connectivity index (χ0n) is 7.46. The lowest BCUT2D eigenvalue weighted by Crippen LogP contribution is -2.51. The first-order valence-electron chi connectivity index (χ1n) is 4.20. The van der Waals surface area contributed by atoms with Crippen LogP contribution in [0.15, 0.2) is 0 Å². The third kappa shape index (κ3) is 1.64. The van der Waals surface area contributed by atoms with Gasteiger partial charge in [-0.3, -0.25) is 14.5 Å². The number of nitrogens with one attached hydrogen (secondary N) is 1. The summed E-state index contributed by atoms with van der Waals surface area (Å²) in [4.78, 5) is 23.6. The van der Waals surface area contributed by atoms with Crippen molar-refractivity contribution < 1.29 is 9.59 Å². The molecule has 1 fully saturated rings. The minimum atomic E-state index is -0.155. The summed E-state index contributed by atoms with van der Waals surface area (Å²) < 4.78 is 0. The molecule has 1 unspecified atom stereocenters. The molecule has 1 aliphatic heterocycles. The molecule has 0 aliphatic carbocycles. The fraction of sp³-hybridized carbons (Fsp3) is 0.750. The van der Waals surface area contributed by atoms with Crippen LogP contribution in [0.4, 0.5) is 0 Å². The number of carbonyl (C=O) groups excluding carboxylic acids is 2. The first-order chi connectivity index (χ1) is 5.66. The largest absolute Gasteiger partial charge is 0.306 e. The van der Waals surface area contributed by atoms with E-state index in [0.29, 0.717) is 12.8 Å². The van der Waals surface area contributed by atoms with Gasteiger partial charge >= 0.3 is 0 Å². The van der Waals surface area contributed by atoms with Crippen LogP contribution in [0.1, 0.15) is 19.8 Å². The smallest absolute Gasteiger partial charge is 0.246 e. The van der Waals surface area contributed by atoms with Gasteiger partial charge in [0.15, 0.2) is 0 Å². The van der Waals surface area contributed by atoms with Crippen molar-refractivity contribution in [2.45, 2.75) is 25.8 Å². The van der Waals surface area contributed by atoms with E-state index in [4.69, 9.17) is 0 Å². The second kappa shape index (κ2) is 3.67. The number of likely N-dealkylation sites (tertiary alicyclic amines) is 1. The monoisotopic (exact) mass is 170 g/mol. The Morgan fingerprint density at radius 1 is 1.58 bits per heavy atom. The summed E-state index contributed by atoms with van der Waals surface area (Å²) in [6.07, 6.45) is 1.11. The van der Waals surface area contributed by atoms with Crippen molar-refractivity contribution >= 4 is 11.8 Å². The lowest BCUT2D eigenvalue weighted by molar-refractivity contribution is -0.148. The average Bonchev–Trinajstić information content (AvgIpc) is 2.07. The first-order valence-corrected chi connectivity index (χ1v) is 4.20. The molecule has 0 aromatic rings. The van der Waals surface area contributed by atoms with Crippen LogP contribution in [-0.4, -0.2) is 36.3 Å². The molecule has 68 valence electrons. The molecule has 0 aromatic heterocycles. The zero-order chi connectivity index (χ0) is 9.14. The van der Waals surface area contributed by atoms with Crippen LogP contribution in [0.5, 0.6) is 0 Å². The third-order valence-corrected chi connectivity index (χ3v) is 2.10. The molecule has 0 spiro atoms. The number of piperidine rings is 1. The maximum atomic E-state index is 11.4. The van der Waals surface area contributed by atoms with E-state index in [0.717, 1.165) is 6.54 Å². The van der Waals surface area contributed by atoms with Gasteiger partial charge in [0.1, 0.15) is 0 Å². The second-order valence-electron chi connectivity index (χ2n) is 2.94. The van der Waals surface area contributed by atoms with Crippen LogP contribution < -0.4 is 5.32 Å². The Labute approximate surface area is 71.9 Å². The van der Waals surface area contributed by atoms with Crippen molar-refractivity contribution in [1.82, 2.24) is 10.2 Å². The summed E-state index contributed by atoms with van der Waals surface area (Å²) in [5, 5.41) is 3.04. The molecule has 1 atom stereocenters. The molecule has 12 heavy (non-hydrogen) atoms. The van der Waals surface area contributed by atoms with Gasteiger partial charge in [-0.05, 0) is 13.0 Å². The van der Waals surface area contributed by atoms with Gasteiger partial charge in [0.25, 0.3) is 0 Å². The minimum absolute atomic E-state index is 0.0749. The van der Waals surface area contributed by atoms with E-state index in [1.165, 1.54) is 11.9 Å². The Balaban J connectivity index is 2.59. The van der Waals surface area contributed by atoms with E-state index in [2.05, 4.69) is 5.32 Å². The zero-order valence-corrected chi connectivity index (χ0v) is 7.46. The summed E-state index contributed by atoms with van der Waals surface area (Å²) >= 11 is 0. The van der Waals surface area contributed by atoms with E-state index in [1.807, 2.05) is 6.92 Å². The molecule has 0 bridgehead atoms. The molecular formula is C8H14N2O2. The fourth-order valence-electron chi connectivity index (χ4n) is 1.35. The number of likely N-dealkylation sites (N-methyl/N-ethyl adjacent to an activating group) is 2. The van der Waals surface area contributed by atoms with Gasteiger partial charge in [-0.15, -0.1) is 0 Å². The van der Waals surface area contributed by atoms with E-state index in [1.54, 1.807) is 0 Å². The van der Waals surface area contributed by atoms with Crippen molar-refractivity contribution in [1.29, 1.82) is 0 Å². The maximum Gasteiger partial charge on any atom is 0.246 e. The van der Waals surface area contributed by atoms with Gasteiger partial charge in [0, 0.05) is 13.5 Å². The highest BCUT2D eigenvalue weighted by atomic mass is 16.2. The third-order valence-electron chi connectivity index (χ3n) is 2.10. The van der Waals surface area contributed by atoms with Crippen molar-refractivity contribution in [2.24, 2.45) is 0 Å². The summed E-state index contributed by atoms with van der Waals surface area (Å²) in [6, 6.07) is -0.155. The van der Waals surface area contributed by atoms with Crippen LogP contribution in [0.25, 0.3) is 0 Å². The normalized spacial score (nSPS) is 24.8. The number of rotatable bonds is 2. The van der Waals surface area contributed by atoms with Gasteiger partial charge in [0.05, 0.1) is 6.04 Å². The molecule has 0 aromatic carbocycles. The molecule has 4 nitrogen and oxygen atoms in total. The number of hydrogen-bond acceptors (Lipinski definition) is 3. The second-order valence-corrected chi connectivity index (χ2v) is 2.94. The molecule has 1 rings (SSSR count). The molecule has 2 amide bonds. The Bertz CT molecular complexity index is 203. The minimum Gasteiger partial charge on any atom is -0.306 e.